The third kappa shape index (κ3) is 6.44. The van der Waals surface area contributed by atoms with Crippen LogP contribution in [0.15, 0.2) is 76.2 Å². The molecule has 2 amide bonds. The highest BCUT2D eigenvalue weighted by molar-refractivity contribution is 7.89. The van der Waals surface area contributed by atoms with Gasteiger partial charge in [0.15, 0.2) is 0 Å². The molecule has 0 saturated carbocycles. The molecule has 0 radical (unpaired) electrons. The molecule has 0 fully saturated rings. The average molecular weight is 490 g/mol. The van der Waals surface area contributed by atoms with Gasteiger partial charge in [0, 0.05) is 24.2 Å². The van der Waals surface area contributed by atoms with E-state index in [0.717, 1.165) is 4.31 Å². The predicted octanol–water partition coefficient (Wildman–Crippen LogP) is 3.96. The molecule has 2 aromatic carbocycles. The van der Waals surface area contributed by atoms with E-state index in [9.17, 15) is 18.0 Å². The predicted molar refractivity (Wildman–Crippen MR) is 125 cm³/mol. The quantitative estimate of drug-likeness (QED) is 0.473. The van der Waals surface area contributed by atoms with E-state index in [-0.39, 0.29) is 17.3 Å². The van der Waals surface area contributed by atoms with Gasteiger partial charge in [-0.15, -0.1) is 0 Å². The van der Waals surface area contributed by atoms with Crippen LogP contribution in [0, 0.1) is 0 Å². The molecule has 174 valence electrons. The monoisotopic (exact) mass is 489 g/mol. The molecule has 1 aromatic heterocycles. The van der Waals surface area contributed by atoms with Crippen molar-refractivity contribution in [2.24, 2.45) is 0 Å². The standard InChI is InChI=1S/C23H24ClN3O5S/c1-16(22-8-5-13-32-22)25-23(29)15-27(14-18-6-3-4-7-21(18)24)33(30,31)20-11-9-19(10-12-20)26-17(2)28/h3-13,16H,14-15H2,1-2H3,(H,25,29)(H,26,28). The Morgan fingerprint density at radius 3 is 2.36 bits per heavy atom. The number of anilines is 1. The van der Waals surface area contributed by atoms with Crippen molar-refractivity contribution in [3.63, 3.8) is 0 Å². The Morgan fingerprint density at radius 2 is 1.76 bits per heavy atom. The third-order valence-electron chi connectivity index (χ3n) is 4.78. The van der Waals surface area contributed by atoms with Gasteiger partial charge in [-0.3, -0.25) is 9.59 Å². The third-order valence-corrected chi connectivity index (χ3v) is 6.96. The molecular weight excluding hydrogens is 466 g/mol. The minimum Gasteiger partial charge on any atom is -0.467 e. The Balaban J connectivity index is 1.86. The van der Waals surface area contributed by atoms with Crippen LogP contribution in [0.25, 0.3) is 0 Å². The van der Waals surface area contributed by atoms with Crippen LogP contribution >= 0.6 is 11.6 Å². The molecule has 1 atom stereocenters. The Labute approximate surface area is 197 Å². The maximum absolute atomic E-state index is 13.4. The fraction of sp³-hybridized carbons (Fsp3) is 0.217. The first-order chi connectivity index (χ1) is 15.7. The number of hydrogen-bond acceptors (Lipinski definition) is 5. The molecule has 8 nitrogen and oxygen atoms in total. The lowest BCUT2D eigenvalue weighted by molar-refractivity contribution is -0.122. The molecule has 0 aliphatic carbocycles. The maximum Gasteiger partial charge on any atom is 0.243 e. The van der Waals surface area contributed by atoms with Gasteiger partial charge in [0.2, 0.25) is 21.8 Å². The lowest BCUT2D eigenvalue weighted by atomic mass is 10.2. The minimum atomic E-state index is -4.07. The molecule has 0 aliphatic rings. The van der Waals surface area contributed by atoms with Crippen LogP contribution in [0.5, 0.6) is 0 Å². The summed E-state index contributed by atoms with van der Waals surface area (Å²) in [6.45, 7) is 2.58. The van der Waals surface area contributed by atoms with Crippen LogP contribution in [0.1, 0.15) is 31.2 Å². The fourth-order valence-corrected chi connectivity index (χ4v) is 4.73. The zero-order chi connectivity index (χ0) is 24.0. The van der Waals surface area contributed by atoms with Crippen LogP contribution in [0.4, 0.5) is 5.69 Å². The van der Waals surface area contributed by atoms with Gasteiger partial charge < -0.3 is 15.1 Å². The molecule has 1 unspecified atom stereocenters. The normalized spacial score (nSPS) is 12.4. The first kappa shape index (κ1) is 24.5. The molecule has 0 aliphatic heterocycles. The summed E-state index contributed by atoms with van der Waals surface area (Å²) in [6.07, 6.45) is 1.50. The molecule has 0 bridgehead atoms. The summed E-state index contributed by atoms with van der Waals surface area (Å²) in [4.78, 5) is 24.0. The van der Waals surface area contributed by atoms with Crippen LogP contribution < -0.4 is 10.6 Å². The summed E-state index contributed by atoms with van der Waals surface area (Å²) in [6, 6.07) is 15.6. The Hall–Kier alpha value is -3.14. The van der Waals surface area contributed by atoms with E-state index in [1.54, 1.807) is 43.3 Å². The van der Waals surface area contributed by atoms with E-state index >= 15 is 0 Å². The zero-order valence-electron chi connectivity index (χ0n) is 18.1. The van der Waals surface area contributed by atoms with Crippen molar-refractivity contribution in [2.75, 3.05) is 11.9 Å². The highest BCUT2D eigenvalue weighted by Crippen LogP contribution is 2.24. The number of nitrogens with zero attached hydrogens (tertiary/aromatic N) is 1. The van der Waals surface area contributed by atoms with Crippen molar-refractivity contribution >= 4 is 39.1 Å². The second kappa shape index (κ2) is 10.7. The molecule has 1 heterocycles. The van der Waals surface area contributed by atoms with E-state index in [2.05, 4.69) is 10.6 Å². The highest BCUT2D eigenvalue weighted by Gasteiger charge is 2.28. The molecule has 2 N–H and O–H groups in total. The Bertz CT molecular complexity index is 1210. The lowest BCUT2D eigenvalue weighted by Crippen LogP contribution is -2.41. The van der Waals surface area contributed by atoms with Gasteiger partial charge in [-0.1, -0.05) is 29.8 Å². The van der Waals surface area contributed by atoms with Crippen molar-refractivity contribution in [3.8, 4) is 0 Å². The van der Waals surface area contributed by atoms with E-state index in [1.165, 1.54) is 37.5 Å². The van der Waals surface area contributed by atoms with Gasteiger partial charge in [-0.05, 0) is 55.0 Å². The Morgan fingerprint density at radius 1 is 1.06 bits per heavy atom. The van der Waals surface area contributed by atoms with Crippen molar-refractivity contribution in [3.05, 3.63) is 83.3 Å². The first-order valence-corrected chi connectivity index (χ1v) is 11.9. The number of benzene rings is 2. The average Bonchev–Trinajstić information content (AvgIpc) is 3.30. The number of furan rings is 1. The SMILES string of the molecule is CC(=O)Nc1ccc(S(=O)(=O)N(CC(=O)NC(C)c2ccco2)Cc2ccccc2Cl)cc1. The molecule has 0 spiro atoms. The van der Waals surface area contributed by atoms with Gasteiger partial charge in [0.25, 0.3) is 0 Å². The first-order valence-electron chi connectivity index (χ1n) is 10.1. The molecule has 3 rings (SSSR count). The topological polar surface area (TPSA) is 109 Å². The molecule has 33 heavy (non-hydrogen) atoms. The van der Waals surface area contributed by atoms with Gasteiger partial charge >= 0.3 is 0 Å². The van der Waals surface area contributed by atoms with Crippen LogP contribution in [-0.2, 0) is 26.2 Å². The summed E-state index contributed by atoms with van der Waals surface area (Å²) in [5.41, 5.74) is 1.02. The number of sulfonamides is 1. The van der Waals surface area contributed by atoms with Crippen molar-refractivity contribution in [1.82, 2.24) is 9.62 Å². The lowest BCUT2D eigenvalue weighted by Gasteiger charge is -2.23. The number of halogens is 1. The summed E-state index contributed by atoms with van der Waals surface area (Å²) in [5.74, 6) is -0.213. The number of hydrogen-bond donors (Lipinski definition) is 2. The summed E-state index contributed by atoms with van der Waals surface area (Å²) >= 11 is 6.25. The van der Waals surface area contributed by atoms with Gasteiger partial charge in [0.1, 0.15) is 5.76 Å². The van der Waals surface area contributed by atoms with E-state index in [0.29, 0.717) is 22.0 Å². The van der Waals surface area contributed by atoms with Crippen LogP contribution in [0.3, 0.4) is 0 Å². The highest BCUT2D eigenvalue weighted by atomic mass is 35.5. The summed E-state index contributed by atoms with van der Waals surface area (Å²) in [5, 5.41) is 5.73. The van der Waals surface area contributed by atoms with Gasteiger partial charge in [-0.25, -0.2) is 8.42 Å². The molecule has 10 heteroatoms. The van der Waals surface area contributed by atoms with E-state index in [1.807, 2.05) is 0 Å². The zero-order valence-corrected chi connectivity index (χ0v) is 19.7. The van der Waals surface area contributed by atoms with Crippen molar-refractivity contribution in [2.45, 2.75) is 31.3 Å². The van der Waals surface area contributed by atoms with Crippen LogP contribution in [-0.4, -0.2) is 31.1 Å². The second-order valence-electron chi connectivity index (χ2n) is 7.37. The minimum absolute atomic E-state index is 0.0180. The Kier molecular flexibility index (Phi) is 7.91. The molecular formula is C23H24ClN3O5S. The summed E-state index contributed by atoms with van der Waals surface area (Å²) < 4.78 is 33.2. The molecule has 3 aromatic rings. The van der Waals surface area contributed by atoms with Crippen molar-refractivity contribution in [1.29, 1.82) is 0 Å². The summed E-state index contributed by atoms with van der Waals surface area (Å²) in [7, 11) is -4.07. The smallest absolute Gasteiger partial charge is 0.243 e. The van der Waals surface area contributed by atoms with Gasteiger partial charge in [0.05, 0.1) is 23.7 Å². The second-order valence-corrected chi connectivity index (χ2v) is 9.72. The van der Waals surface area contributed by atoms with Crippen molar-refractivity contribution < 1.29 is 22.4 Å². The van der Waals surface area contributed by atoms with E-state index in [4.69, 9.17) is 16.0 Å². The largest absolute Gasteiger partial charge is 0.467 e. The van der Waals surface area contributed by atoms with Crippen LogP contribution in [0.2, 0.25) is 5.02 Å². The number of carbonyl (C=O) groups is 2. The number of rotatable bonds is 9. The fourth-order valence-electron chi connectivity index (χ4n) is 3.16. The number of amides is 2. The van der Waals surface area contributed by atoms with E-state index < -0.39 is 28.5 Å². The maximum atomic E-state index is 13.4. The number of carbonyl (C=O) groups excluding carboxylic acids is 2. The number of nitrogens with one attached hydrogen (secondary N) is 2. The van der Waals surface area contributed by atoms with Gasteiger partial charge in [-0.2, -0.15) is 4.31 Å². The molecule has 0 saturated heterocycles.